The van der Waals surface area contributed by atoms with Gasteiger partial charge in [0, 0.05) is 115 Å². The van der Waals surface area contributed by atoms with Crippen molar-refractivity contribution in [2.24, 2.45) is 14.1 Å². The molecule has 0 spiro atoms. The molecule has 8 heterocycles. The molecule has 0 aromatic carbocycles. The lowest BCUT2D eigenvalue weighted by Crippen LogP contribution is -2.63. The first-order valence-electron chi connectivity index (χ1n) is 20.0. The number of hydrogen-bond acceptors (Lipinski definition) is 15. The minimum atomic E-state index is -3.26. The Morgan fingerprint density at radius 2 is 1.24 bits per heavy atom. The van der Waals surface area contributed by atoms with Crippen LogP contribution in [0.3, 0.4) is 0 Å². The second-order valence-electron chi connectivity index (χ2n) is 14.4. The monoisotopic (exact) mass is 909 g/mol. The van der Waals surface area contributed by atoms with Crippen molar-refractivity contribution in [3.05, 3.63) is 86.2 Å². The molecule has 6 aromatic rings. The third-order valence-corrected chi connectivity index (χ3v) is 13.2. The van der Waals surface area contributed by atoms with Crippen LogP contribution in [0.15, 0.2) is 86.2 Å². The van der Waals surface area contributed by atoms with Gasteiger partial charge in [-0.2, -0.15) is 25.0 Å². The zero-order chi connectivity index (χ0) is 45.8. The van der Waals surface area contributed by atoms with Crippen molar-refractivity contribution in [1.82, 2.24) is 58.3 Å². The number of hydrogen-bond donors (Lipinski definition) is 3. The Morgan fingerprint density at radius 1 is 0.790 bits per heavy atom. The number of nitrogens with zero attached hydrogens (tertiary/aromatic N) is 13. The minimum absolute atomic E-state index is 0. The molecule has 2 fully saturated rings. The first-order chi connectivity index (χ1) is 30.1. The summed E-state index contributed by atoms with van der Waals surface area (Å²) in [7, 11) is 1.92. The Labute approximate surface area is 368 Å². The zero-order valence-electron chi connectivity index (χ0n) is 35.9. The summed E-state index contributed by atoms with van der Waals surface area (Å²) < 4.78 is 62.7. The Morgan fingerprint density at radius 3 is 1.61 bits per heavy atom. The van der Waals surface area contributed by atoms with E-state index in [0.717, 1.165) is 47.0 Å². The number of nitriles is 2. The summed E-state index contributed by atoms with van der Waals surface area (Å²) in [6.07, 6.45) is 19.1. The van der Waals surface area contributed by atoms with E-state index in [1.54, 1.807) is 47.1 Å². The van der Waals surface area contributed by atoms with Gasteiger partial charge >= 0.3 is 0 Å². The molecule has 0 atom stereocenters. The summed E-state index contributed by atoms with van der Waals surface area (Å²) in [6.45, 7) is 5.32. The standard InChI is InChI=1S/C19H22N8O2S.C17H18N8.C2H5ClO2S.CH4.H2/c1-3-30(28,29)27-13-19(14-27,6-7-20)26-9-5-15(11-26)17-4-8-21-18(24-17)23-16-10-22-25(2)12-16;1-24-10-14(8-21-24)22-16-20-6-2-15(23-16)13-3-7-25(9-13)17(4-5-18)11-19-12-17;1-2-6(3,4)5;;/h4-5,8-12H,3,6,13-14H2,1-2H3,(H,21,23,24);2-3,6-10,19H,4,11-12H2,1H3,(H,20,22,23);2H2,1H3;1H4;1H/i;;;;1+2D. The van der Waals surface area contributed by atoms with Crippen LogP contribution in [-0.4, -0.2) is 107 Å². The second kappa shape index (κ2) is 19.7. The van der Waals surface area contributed by atoms with Crippen LogP contribution in [0.5, 0.6) is 0 Å². The number of sulfonamides is 1. The highest BCUT2D eigenvalue weighted by atomic mass is 35.7. The lowest BCUT2D eigenvalue weighted by molar-refractivity contribution is 0.0851. The predicted molar refractivity (Wildman–Crippen MR) is 238 cm³/mol. The van der Waals surface area contributed by atoms with Gasteiger partial charge in [0.1, 0.15) is 0 Å². The molecule has 2 aliphatic rings. The maximum atomic E-state index is 12.1. The van der Waals surface area contributed by atoms with Crippen molar-refractivity contribution < 1.29 is 19.8 Å². The average Bonchev–Trinajstić information content (AvgIpc) is 4.08. The van der Waals surface area contributed by atoms with Gasteiger partial charge in [0.25, 0.3) is 0 Å². The third kappa shape index (κ3) is 11.2. The van der Waals surface area contributed by atoms with Gasteiger partial charge in [-0.1, -0.05) is 14.4 Å². The van der Waals surface area contributed by atoms with Crippen LogP contribution in [0.2, 0.25) is 0 Å². The van der Waals surface area contributed by atoms with E-state index in [4.69, 9.17) is 8.23 Å². The molecule has 0 saturated carbocycles. The average molecular weight is 911 g/mol. The second-order valence-corrected chi connectivity index (χ2v) is 19.7. The molecule has 8 rings (SSSR count). The largest absolute Gasteiger partial charge is 0.344 e. The SMILES string of the molecule is C.CCS(=O)(=O)Cl.CCS(=O)(=O)N1CC(CC#N)(n2ccc(-c3ccnc(Nc4cnn(C)c4)n3)c2)C1.Cn1cc(Nc2nccc(-c3ccn(C4(CC#N)CNC4)c3)n2)cn1.[2H][3H]. The van der Waals surface area contributed by atoms with E-state index in [2.05, 4.69) is 73.5 Å². The van der Waals surface area contributed by atoms with E-state index in [-0.39, 0.29) is 30.9 Å². The fraction of sp³-hybridized carbons (Fsp3) is 0.385. The van der Waals surface area contributed by atoms with Crippen molar-refractivity contribution >= 4 is 53.0 Å². The van der Waals surface area contributed by atoms with Gasteiger partial charge < -0.3 is 25.1 Å². The molecule has 0 bridgehead atoms. The van der Waals surface area contributed by atoms with E-state index in [1.807, 2.05) is 74.0 Å². The number of aryl methyl sites for hydroxylation is 2. The highest BCUT2D eigenvalue weighted by molar-refractivity contribution is 8.13. The summed E-state index contributed by atoms with van der Waals surface area (Å²) in [5.74, 6) is 1.04. The Balaban J connectivity index is 0.000000240. The summed E-state index contributed by atoms with van der Waals surface area (Å²) in [5, 5.41) is 36.2. The van der Waals surface area contributed by atoms with E-state index in [1.165, 1.54) is 11.2 Å². The number of nitrogens with one attached hydrogen (secondary N) is 3. The van der Waals surface area contributed by atoms with Crippen LogP contribution in [0.25, 0.3) is 22.5 Å². The molecule has 2 aliphatic heterocycles. The number of rotatable bonds is 13. The van der Waals surface area contributed by atoms with Gasteiger partial charge in [-0.05, 0) is 31.2 Å². The van der Waals surface area contributed by atoms with Crippen molar-refractivity contribution in [3.63, 3.8) is 0 Å². The Kier molecular flexibility index (Phi) is 14.4. The van der Waals surface area contributed by atoms with Crippen molar-refractivity contribution in [2.45, 2.75) is 45.2 Å². The molecular weight excluding hydrogens is 856 g/mol. The lowest BCUT2D eigenvalue weighted by atomic mass is 9.89. The van der Waals surface area contributed by atoms with Gasteiger partial charge in [0.05, 0.1) is 82.7 Å². The van der Waals surface area contributed by atoms with Crippen LogP contribution in [0.1, 0.15) is 37.1 Å². The van der Waals surface area contributed by atoms with Gasteiger partial charge in [-0.15, -0.1) is 0 Å². The summed E-state index contributed by atoms with van der Waals surface area (Å²) in [5.41, 5.74) is 4.34. The Hall–Kier alpha value is -6.17. The molecule has 0 aliphatic carbocycles. The van der Waals surface area contributed by atoms with Crippen LogP contribution in [0, 0.1) is 22.7 Å². The normalized spacial score (nSPS) is 15.2. The molecule has 62 heavy (non-hydrogen) atoms. The van der Waals surface area contributed by atoms with Crippen LogP contribution in [0.4, 0.5) is 23.3 Å². The van der Waals surface area contributed by atoms with Crippen molar-refractivity contribution in [3.8, 4) is 34.7 Å². The fourth-order valence-electron chi connectivity index (χ4n) is 6.54. The zero-order valence-corrected chi connectivity index (χ0v) is 36.3. The number of halogens is 1. The Bertz CT molecular complexity index is 2770. The van der Waals surface area contributed by atoms with E-state index in [9.17, 15) is 22.1 Å². The molecule has 0 radical (unpaired) electrons. The maximum Gasteiger partial charge on any atom is 0.232 e. The van der Waals surface area contributed by atoms with Crippen LogP contribution >= 0.6 is 10.7 Å². The van der Waals surface area contributed by atoms with E-state index >= 15 is 0 Å². The van der Waals surface area contributed by atoms with Crippen LogP contribution < -0.4 is 16.0 Å². The highest BCUT2D eigenvalue weighted by Crippen LogP contribution is 2.36. The highest BCUT2D eigenvalue weighted by Gasteiger charge is 2.48. The minimum Gasteiger partial charge on any atom is -0.344 e. The lowest BCUT2D eigenvalue weighted by Gasteiger charge is -2.48. The van der Waals surface area contributed by atoms with E-state index < -0.39 is 24.6 Å². The molecule has 23 heteroatoms. The molecule has 20 nitrogen and oxygen atoms in total. The van der Waals surface area contributed by atoms with Gasteiger partial charge in [0.2, 0.25) is 31.0 Å². The smallest absolute Gasteiger partial charge is 0.232 e. The summed E-state index contributed by atoms with van der Waals surface area (Å²) in [4.78, 5) is 17.6. The third-order valence-electron chi connectivity index (χ3n) is 10.1. The first kappa shape index (κ1) is 45.4. The van der Waals surface area contributed by atoms with Crippen LogP contribution in [-0.2, 0) is 44.2 Å². The van der Waals surface area contributed by atoms with Crippen molar-refractivity contribution in [2.75, 3.05) is 48.3 Å². The summed E-state index contributed by atoms with van der Waals surface area (Å²) >= 11 is 0. The first-order valence-corrected chi connectivity index (χ1v) is 23.1. The quantitative estimate of drug-likeness (QED) is 0.132. The molecule has 6 aromatic heterocycles. The molecule has 0 amide bonds. The van der Waals surface area contributed by atoms with Crippen molar-refractivity contribution in [1.29, 1.82) is 10.5 Å². The fourth-order valence-corrected chi connectivity index (χ4v) is 7.78. The number of anilines is 4. The summed E-state index contributed by atoms with van der Waals surface area (Å²) in [6, 6.07) is 12.1. The molecule has 0 unspecified atom stereocenters. The van der Waals surface area contributed by atoms with Gasteiger partial charge in [-0.3, -0.25) is 9.36 Å². The molecule has 3 N–H and O–H groups in total. The van der Waals surface area contributed by atoms with Gasteiger partial charge in [0.15, 0.2) is 0 Å². The molecule has 2 saturated heterocycles. The predicted octanol–water partition coefficient (Wildman–Crippen LogP) is 4.79. The van der Waals surface area contributed by atoms with E-state index in [0.29, 0.717) is 31.4 Å². The molecular formula is C39H51ClN16O4S2. The topological polar surface area (TPSA) is 252 Å². The number of aromatic nitrogens is 10. The van der Waals surface area contributed by atoms with Gasteiger partial charge in [-0.25, -0.2) is 36.8 Å². The maximum absolute atomic E-state index is 12.1. The molecule has 330 valence electrons.